The van der Waals surface area contributed by atoms with Crippen molar-refractivity contribution >= 4 is 48.2 Å². The van der Waals surface area contributed by atoms with Crippen LogP contribution in [0.25, 0.3) is 11.2 Å². The summed E-state index contributed by atoms with van der Waals surface area (Å²) < 4.78 is 7.80. The molecule has 2 amide bonds. The molecule has 0 radical (unpaired) electrons. The first-order valence-corrected chi connectivity index (χ1v) is 14.6. The maximum atomic E-state index is 13.7. The molecule has 0 saturated carbocycles. The van der Waals surface area contributed by atoms with E-state index in [1.165, 1.54) is 12.7 Å². The molecule has 0 aliphatic carbocycles. The Bertz CT molecular complexity index is 1630. The summed E-state index contributed by atoms with van der Waals surface area (Å²) in [6.07, 6.45) is 1.31. The van der Waals surface area contributed by atoms with Crippen LogP contribution in [0.5, 0.6) is 0 Å². The number of anilines is 1. The number of carbonyl (C=O) groups excluding carboxylic acids is 2. The number of imide groups is 1. The molecule has 1 saturated heterocycles. The number of hydrogen-bond acceptors (Lipinski definition) is 8. The number of imidazole rings is 1. The number of fused-ring (bicyclic) bond motifs is 1. The average Bonchev–Trinajstić information content (AvgIpc) is 3.60. The van der Waals surface area contributed by atoms with Crippen molar-refractivity contribution in [3.63, 3.8) is 0 Å². The Morgan fingerprint density at radius 3 is 2.07 bits per heavy atom. The normalized spacial score (nSPS) is 20.2. The van der Waals surface area contributed by atoms with Crippen LogP contribution in [0.1, 0.15) is 33.4 Å². The topological polar surface area (TPSA) is 131 Å². The van der Waals surface area contributed by atoms with Crippen molar-refractivity contribution in [2.45, 2.75) is 23.3 Å². The van der Waals surface area contributed by atoms with Crippen LogP contribution in [0.3, 0.4) is 0 Å². The quantitative estimate of drug-likeness (QED) is 0.211. The summed E-state index contributed by atoms with van der Waals surface area (Å²) in [5, 5.41) is 21.4. The molecule has 10 nitrogen and oxygen atoms in total. The molecule has 11 heteroatoms. The fourth-order valence-electron chi connectivity index (χ4n) is 4.77. The minimum absolute atomic E-state index is 0.0249. The third kappa shape index (κ3) is 5.06. The Labute approximate surface area is 241 Å². The zero-order valence-corrected chi connectivity index (χ0v) is 23.4. The Morgan fingerprint density at radius 1 is 0.902 bits per heavy atom. The van der Waals surface area contributed by atoms with Gasteiger partial charge in [0.1, 0.15) is 0 Å². The van der Waals surface area contributed by atoms with Crippen molar-refractivity contribution in [1.82, 2.24) is 19.5 Å². The average molecular weight is 615 g/mol. The van der Waals surface area contributed by atoms with E-state index in [1.54, 1.807) is 65.2 Å². The standard InChI is InChI=1S/C30H25N5O5Se/c36-17-30(41-22-14-8-3-9-15-22)23(37)16-24(40-30)34-19-33-25-26(34)31-18-32-27(25)35(28(38)20-10-4-1-5-11-20)29(39)21-12-6-2-7-13-21/h1-15,18-19,23-24,36-37H,16-17H2/t23-,24+,30+/m0/s1. The molecule has 41 heavy (non-hydrogen) atoms. The molecule has 5 aromatic rings. The predicted molar refractivity (Wildman–Crippen MR) is 152 cm³/mol. The zero-order valence-electron chi connectivity index (χ0n) is 21.6. The summed E-state index contributed by atoms with van der Waals surface area (Å²) in [4.78, 5) is 41.7. The van der Waals surface area contributed by atoms with Crippen molar-refractivity contribution < 1.29 is 24.5 Å². The molecule has 0 spiro atoms. The first-order valence-electron chi connectivity index (χ1n) is 12.9. The first-order chi connectivity index (χ1) is 20.0. The molecule has 2 N–H and O–H groups in total. The van der Waals surface area contributed by atoms with E-state index in [2.05, 4.69) is 15.0 Å². The van der Waals surface area contributed by atoms with Gasteiger partial charge < -0.3 is 0 Å². The van der Waals surface area contributed by atoms with Crippen molar-refractivity contribution in [2.75, 3.05) is 11.5 Å². The molecular formula is C30H25N5O5Se. The predicted octanol–water partition coefficient (Wildman–Crippen LogP) is 2.31. The van der Waals surface area contributed by atoms with Gasteiger partial charge in [-0.25, -0.2) is 0 Å². The molecule has 1 fully saturated rings. The van der Waals surface area contributed by atoms with E-state index in [4.69, 9.17) is 4.74 Å². The number of amides is 2. The molecule has 1 aliphatic heterocycles. The number of rotatable bonds is 7. The third-order valence-corrected chi connectivity index (χ3v) is 9.67. The zero-order chi connectivity index (χ0) is 28.4. The Kier molecular flexibility index (Phi) is 7.44. The number of ether oxygens (including phenoxy) is 1. The van der Waals surface area contributed by atoms with E-state index in [0.29, 0.717) is 16.8 Å². The second-order valence-corrected chi connectivity index (χ2v) is 12.3. The summed E-state index contributed by atoms with van der Waals surface area (Å²) in [6.45, 7) is -0.364. The Hall–Kier alpha value is -4.25. The van der Waals surface area contributed by atoms with E-state index in [0.717, 1.165) is 9.36 Å². The fraction of sp³-hybridized carbons (Fsp3) is 0.167. The van der Waals surface area contributed by atoms with Crippen LogP contribution < -0.4 is 9.36 Å². The van der Waals surface area contributed by atoms with Crippen LogP contribution in [0, 0.1) is 0 Å². The van der Waals surface area contributed by atoms with Gasteiger partial charge in [-0.15, -0.1) is 0 Å². The van der Waals surface area contributed by atoms with Crippen LogP contribution >= 0.6 is 0 Å². The molecule has 3 aromatic carbocycles. The molecule has 1 aliphatic rings. The molecule has 0 bridgehead atoms. The second-order valence-electron chi connectivity index (χ2n) is 9.41. The van der Waals surface area contributed by atoms with Crippen molar-refractivity contribution in [3.05, 3.63) is 115 Å². The van der Waals surface area contributed by atoms with Crippen molar-refractivity contribution in [3.8, 4) is 0 Å². The van der Waals surface area contributed by atoms with Crippen LogP contribution in [0.15, 0.2) is 104 Å². The van der Waals surface area contributed by atoms with Gasteiger partial charge in [-0.2, -0.15) is 0 Å². The number of nitrogens with zero attached hydrogens (tertiary/aromatic N) is 5. The molecule has 3 atom stereocenters. The Balaban J connectivity index is 1.39. The van der Waals surface area contributed by atoms with Crippen LogP contribution in [-0.2, 0) is 4.74 Å². The molecule has 2 aromatic heterocycles. The molecule has 0 unspecified atom stereocenters. The number of aromatic nitrogens is 4. The number of benzene rings is 3. The monoisotopic (exact) mass is 615 g/mol. The van der Waals surface area contributed by atoms with Gasteiger partial charge in [-0.3, -0.25) is 0 Å². The summed E-state index contributed by atoms with van der Waals surface area (Å²) >= 11 is -0.394. The number of aliphatic hydroxyl groups excluding tert-OH is 2. The minimum atomic E-state index is -1.16. The summed E-state index contributed by atoms with van der Waals surface area (Å²) in [7, 11) is 0. The van der Waals surface area contributed by atoms with Crippen LogP contribution in [0.4, 0.5) is 5.82 Å². The van der Waals surface area contributed by atoms with E-state index < -0.39 is 43.6 Å². The SMILES string of the molecule is O=C(c1ccccc1)N(C(=O)c1ccccc1)c1ncnc2c1ncn2[C@H]1C[C@H](O)[C@@](CO)([Se]c2ccccc2)O1. The number of aliphatic hydroxyl groups is 2. The van der Waals surface area contributed by atoms with Crippen molar-refractivity contribution in [2.24, 2.45) is 0 Å². The number of carbonyl (C=O) groups is 2. The van der Waals surface area contributed by atoms with E-state index in [1.807, 2.05) is 30.3 Å². The van der Waals surface area contributed by atoms with Gasteiger partial charge >= 0.3 is 230 Å². The van der Waals surface area contributed by atoms with Gasteiger partial charge in [0, 0.05) is 0 Å². The van der Waals surface area contributed by atoms with Crippen LogP contribution in [-0.4, -0.2) is 73.7 Å². The third-order valence-electron chi connectivity index (χ3n) is 6.83. The van der Waals surface area contributed by atoms with Crippen molar-refractivity contribution in [1.29, 1.82) is 0 Å². The summed E-state index contributed by atoms with van der Waals surface area (Å²) in [6, 6.07) is 26.5. The maximum absolute atomic E-state index is 13.7. The molecular weight excluding hydrogens is 589 g/mol. The van der Waals surface area contributed by atoms with E-state index in [-0.39, 0.29) is 24.4 Å². The van der Waals surface area contributed by atoms with E-state index in [9.17, 15) is 19.8 Å². The van der Waals surface area contributed by atoms with Gasteiger partial charge in [0.05, 0.1) is 0 Å². The first kappa shape index (κ1) is 26.9. The summed E-state index contributed by atoms with van der Waals surface area (Å²) in [5.74, 6) is -1.10. The molecule has 206 valence electrons. The van der Waals surface area contributed by atoms with Crippen LogP contribution in [0.2, 0.25) is 0 Å². The second kappa shape index (κ2) is 11.3. The molecule has 6 rings (SSSR count). The van der Waals surface area contributed by atoms with Gasteiger partial charge in [0.2, 0.25) is 0 Å². The van der Waals surface area contributed by atoms with E-state index >= 15 is 0 Å². The molecule has 3 heterocycles. The number of hydrogen-bond donors (Lipinski definition) is 2. The fourth-order valence-corrected chi connectivity index (χ4v) is 7.18. The van der Waals surface area contributed by atoms with Gasteiger partial charge in [0.25, 0.3) is 0 Å². The Morgan fingerprint density at radius 2 is 1.49 bits per heavy atom. The van der Waals surface area contributed by atoms with Gasteiger partial charge in [-0.05, 0) is 0 Å². The van der Waals surface area contributed by atoms with Gasteiger partial charge in [0.15, 0.2) is 0 Å². The summed E-state index contributed by atoms with van der Waals surface area (Å²) in [5.41, 5.74) is 1.15. The van der Waals surface area contributed by atoms with Gasteiger partial charge in [-0.1, -0.05) is 12.1 Å².